The van der Waals surface area contributed by atoms with Gasteiger partial charge in [0.15, 0.2) is 17.3 Å². The second-order valence-electron chi connectivity index (χ2n) is 21.5. The highest BCUT2D eigenvalue weighted by molar-refractivity contribution is 5.98. The fraction of sp³-hybridized carbons (Fsp3) is 0.709. The molecule has 2 unspecified atom stereocenters. The smallest absolute Gasteiger partial charge is 0.243 e. The van der Waals surface area contributed by atoms with Gasteiger partial charge in [0.2, 0.25) is 35.4 Å². The van der Waals surface area contributed by atoms with Crippen LogP contribution in [0.4, 0.5) is 0 Å². The van der Waals surface area contributed by atoms with Crippen molar-refractivity contribution in [2.24, 2.45) is 58.4 Å². The number of Topliss-reactive ketones (excluding diaryl/α,β-unsaturated/α-hetero) is 4. The number of hydrogen-bond acceptors (Lipinski definition) is 17. The summed E-state index contributed by atoms with van der Waals surface area (Å²) >= 11 is 0. The van der Waals surface area contributed by atoms with Crippen LogP contribution in [0.2, 0.25) is 0 Å². The molecule has 11 atom stereocenters. The maximum atomic E-state index is 14.6. The van der Waals surface area contributed by atoms with Crippen molar-refractivity contribution in [2.75, 3.05) is 45.8 Å². The van der Waals surface area contributed by atoms with Gasteiger partial charge in [-0.2, -0.15) is 0 Å². The maximum Gasteiger partial charge on any atom is 0.243 e. The van der Waals surface area contributed by atoms with Gasteiger partial charge >= 0.3 is 0 Å². The van der Waals surface area contributed by atoms with Crippen molar-refractivity contribution in [3.05, 3.63) is 35.9 Å². The molecule has 1 aromatic rings. The third kappa shape index (κ3) is 22.7. The molecule has 2 saturated heterocycles. The van der Waals surface area contributed by atoms with Gasteiger partial charge in [0.1, 0.15) is 17.9 Å². The predicted molar refractivity (Wildman–Crippen MR) is 292 cm³/mol. The first-order valence-electron chi connectivity index (χ1n) is 28.0. The molecule has 17 N–H and O–H groups in total. The van der Waals surface area contributed by atoms with Crippen molar-refractivity contribution in [3.63, 3.8) is 0 Å². The topological polar surface area (TPSA) is 399 Å². The van der Waals surface area contributed by atoms with E-state index in [0.29, 0.717) is 44.3 Å². The minimum Gasteiger partial charge on any atom is -0.393 e. The van der Waals surface area contributed by atoms with Crippen LogP contribution in [0, 0.1) is 35.5 Å². The number of carbonyl (C=O) groups excluding carboxylic acids is 10. The first kappa shape index (κ1) is 66.7. The minimum absolute atomic E-state index is 0.0379. The Morgan fingerprint density at radius 3 is 1.77 bits per heavy atom. The van der Waals surface area contributed by atoms with Crippen LogP contribution < -0.4 is 60.2 Å². The van der Waals surface area contributed by atoms with E-state index in [1.807, 2.05) is 13.8 Å². The number of carbonyl (C=O) groups is 10. The first-order chi connectivity index (χ1) is 37.1. The molecule has 78 heavy (non-hydrogen) atoms. The summed E-state index contributed by atoms with van der Waals surface area (Å²) in [6.45, 7) is 7.39. The Morgan fingerprint density at radius 1 is 0.641 bits per heavy atom. The van der Waals surface area contributed by atoms with E-state index in [9.17, 15) is 58.2 Å². The molecule has 0 aromatic heterocycles. The molecular formula is C55H91N11O12. The van der Waals surface area contributed by atoms with E-state index in [1.165, 1.54) is 13.8 Å². The van der Waals surface area contributed by atoms with Crippen LogP contribution in [0.5, 0.6) is 0 Å². The zero-order valence-electron chi connectivity index (χ0n) is 46.2. The Morgan fingerprint density at radius 2 is 1.19 bits per heavy atom. The molecule has 0 spiro atoms. The lowest BCUT2D eigenvalue weighted by atomic mass is 9.85. The summed E-state index contributed by atoms with van der Waals surface area (Å²) in [6, 6.07) is 2.60. The maximum absolute atomic E-state index is 14.6. The van der Waals surface area contributed by atoms with E-state index in [2.05, 4.69) is 37.2 Å². The summed E-state index contributed by atoms with van der Waals surface area (Å²) in [4.78, 5) is 141. The van der Waals surface area contributed by atoms with Gasteiger partial charge in [0.05, 0.1) is 42.2 Å². The number of unbranched alkanes of at least 4 members (excludes halogenated alkanes) is 1. The molecule has 0 aliphatic carbocycles. The Kier molecular flexibility index (Phi) is 30.1. The summed E-state index contributed by atoms with van der Waals surface area (Å²) < 4.78 is 0. The summed E-state index contributed by atoms with van der Waals surface area (Å²) in [5.41, 5.74) is 24.3. The molecule has 6 amide bonds. The molecule has 2 aliphatic rings. The fourth-order valence-electron chi connectivity index (χ4n) is 9.91. The number of aliphatic hydroxyl groups is 2. The van der Waals surface area contributed by atoms with Crippen LogP contribution in [-0.2, 0) is 54.4 Å². The zero-order chi connectivity index (χ0) is 57.9. The molecular weight excluding hydrogens is 1010 g/mol. The molecule has 2 heterocycles. The SMILES string of the molecule is CC(C)C[C@@H]1NC(=O)[C@@H](Cc2ccccc2)CC(=O)[C@H](CCN)NC(=O)[C@@H](CC(=O)[C@H](CCCCN)NC(=O)[C@@H](CC(=O)C2CCNCC2)C(C)O)CCNC(=O)[C@H](C(C)O)CC(=O)[C@H](CCN)NC(=O)[C@H](CCN)NC1=O. The van der Waals surface area contributed by atoms with Crippen LogP contribution in [0.3, 0.4) is 0 Å². The summed E-state index contributed by atoms with van der Waals surface area (Å²) in [6.07, 6.45) is -2.65. The van der Waals surface area contributed by atoms with E-state index in [4.69, 9.17) is 22.9 Å². The molecule has 23 heteroatoms. The van der Waals surface area contributed by atoms with Crippen LogP contribution in [-0.4, -0.2) is 157 Å². The summed E-state index contributed by atoms with van der Waals surface area (Å²) in [5, 5.41) is 41.1. The fourth-order valence-corrected chi connectivity index (χ4v) is 9.91. The Balaban J connectivity index is 2.13. The van der Waals surface area contributed by atoms with Gasteiger partial charge in [-0.3, -0.25) is 47.9 Å². The predicted octanol–water partition coefficient (Wildman–Crippen LogP) is -1.54. The normalized spacial score (nSPS) is 24.9. The van der Waals surface area contributed by atoms with Gasteiger partial charge in [0.25, 0.3) is 0 Å². The second-order valence-corrected chi connectivity index (χ2v) is 21.5. The number of nitrogens with two attached hydrogens (primary N) is 4. The van der Waals surface area contributed by atoms with Crippen molar-refractivity contribution >= 4 is 58.6 Å². The number of rotatable bonds is 24. The van der Waals surface area contributed by atoms with Crippen molar-refractivity contribution in [3.8, 4) is 0 Å². The third-order valence-electron chi connectivity index (χ3n) is 14.6. The highest BCUT2D eigenvalue weighted by Gasteiger charge is 2.38. The van der Waals surface area contributed by atoms with Crippen molar-refractivity contribution in [1.82, 2.24) is 37.2 Å². The van der Waals surface area contributed by atoms with E-state index in [1.54, 1.807) is 30.3 Å². The monoisotopic (exact) mass is 1100 g/mol. The van der Waals surface area contributed by atoms with Crippen molar-refractivity contribution in [1.29, 1.82) is 0 Å². The molecule has 438 valence electrons. The quantitative estimate of drug-likeness (QED) is 0.0522. The molecule has 0 bridgehead atoms. The summed E-state index contributed by atoms with van der Waals surface area (Å²) in [7, 11) is 0. The van der Waals surface area contributed by atoms with Gasteiger partial charge < -0.3 is 70.4 Å². The molecule has 0 radical (unpaired) electrons. The molecule has 3 rings (SSSR count). The number of ketones is 4. The lowest BCUT2D eigenvalue weighted by molar-refractivity contribution is -0.137. The van der Waals surface area contributed by atoms with Crippen LogP contribution in [0.25, 0.3) is 0 Å². The minimum atomic E-state index is -1.40. The van der Waals surface area contributed by atoms with Crippen LogP contribution in [0.15, 0.2) is 30.3 Å². The molecule has 23 nitrogen and oxygen atoms in total. The number of hydrogen-bond donors (Lipinski definition) is 13. The van der Waals surface area contributed by atoms with Gasteiger partial charge in [0, 0.05) is 50.0 Å². The van der Waals surface area contributed by atoms with Crippen molar-refractivity contribution in [2.45, 2.75) is 166 Å². The first-order valence-corrected chi connectivity index (χ1v) is 28.0. The average Bonchev–Trinajstić information content (AvgIpc) is 3.40. The highest BCUT2D eigenvalue weighted by Crippen LogP contribution is 2.23. The lowest BCUT2D eigenvalue weighted by Gasteiger charge is -2.28. The van der Waals surface area contributed by atoms with Crippen molar-refractivity contribution < 1.29 is 58.2 Å². The lowest BCUT2D eigenvalue weighted by Crippen LogP contribution is -2.57. The van der Waals surface area contributed by atoms with E-state index in [-0.39, 0.29) is 102 Å². The number of amides is 6. The standard InChI is InChI=1S/C55H91N11O12/c1-32(2)26-45-55(78)65-44(15-22-59)54(77)64-43(14-21-58)49(72)31-39(33(3)67)52(75)61-25-18-37(50(73)62-42(13-20-57)48(71)29-38(51(74)66-45)27-35-10-6-5-7-11-35)28-47(70)41(12-8-9-19-56)63-53(76)40(34(4)68)30-46(69)36-16-23-60-24-17-36/h5-7,10-11,32-34,36-45,60,67-68H,8-9,12-31,56-59H2,1-4H3,(H,61,75)(H,62,73)(H,63,76)(H,64,77)(H,65,78)(H,66,74)/t33?,34?,37-,38+,39+,40+,41+,42+,43+,44+,45+/m1/s1. The molecule has 1 aromatic carbocycles. The highest BCUT2D eigenvalue weighted by atomic mass is 16.3. The second kappa shape index (κ2) is 35.1. The van der Waals surface area contributed by atoms with Crippen LogP contribution in [0.1, 0.15) is 123 Å². The molecule has 2 aliphatic heterocycles. The van der Waals surface area contributed by atoms with Gasteiger partial charge in [-0.05, 0) is 135 Å². The summed E-state index contributed by atoms with van der Waals surface area (Å²) in [5.74, 6) is -11.9. The molecule has 2 fully saturated rings. The number of aliphatic hydroxyl groups excluding tert-OH is 2. The van der Waals surface area contributed by atoms with E-state index in [0.717, 1.165) is 0 Å². The van der Waals surface area contributed by atoms with Gasteiger partial charge in [-0.15, -0.1) is 0 Å². The van der Waals surface area contributed by atoms with Gasteiger partial charge in [-0.25, -0.2) is 0 Å². The van der Waals surface area contributed by atoms with E-state index >= 15 is 0 Å². The average molecular weight is 1100 g/mol. The third-order valence-corrected chi connectivity index (χ3v) is 14.6. The van der Waals surface area contributed by atoms with E-state index < -0.39 is 138 Å². The zero-order valence-corrected chi connectivity index (χ0v) is 46.2. The molecule has 0 saturated carbocycles. The number of piperidine rings is 1. The largest absolute Gasteiger partial charge is 0.393 e. The number of benzene rings is 1. The Hall–Kier alpha value is -5.56. The number of nitrogens with one attached hydrogen (secondary N) is 7. The Bertz CT molecular complexity index is 2120. The Labute approximate surface area is 459 Å². The van der Waals surface area contributed by atoms with Gasteiger partial charge in [-0.1, -0.05) is 44.2 Å². The van der Waals surface area contributed by atoms with Crippen LogP contribution >= 0.6 is 0 Å².